The van der Waals surface area contributed by atoms with Gasteiger partial charge in [-0.15, -0.1) is 0 Å². The van der Waals surface area contributed by atoms with Gasteiger partial charge >= 0.3 is 7.75 Å². The van der Waals surface area contributed by atoms with Gasteiger partial charge in [-0.3, -0.25) is 9.05 Å². The van der Waals surface area contributed by atoms with Gasteiger partial charge < -0.3 is 0 Å². The molecular weight excluding hydrogens is 203 g/mol. The molecule has 0 aliphatic rings. The fourth-order valence-electron chi connectivity index (χ4n) is 1.12. The maximum absolute atomic E-state index is 12.2. The summed E-state index contributed by atoms with van der Waals surface area (Å²) >= 11 is 0. The minimum absolute atomic E-state index is 0.342. The number of hydrogen-bond donors (Lipinski definition) is 0. The van der Waals surface area contributed by atoms with E-state index in [9.17, 15) is 4.57 Å². The van der Waals surface area contributed by atoms with E-state index in [0.717, 1.165) is 0 Å². The van der Waals surface area contributed by atoms with Crippen molar-refractivity contribution in [2.24, 2.45) is 0 Å². The summed E-state index contributed by atoms with van der Waals surface area (Å²) in [5.74, 6) is 0.621. The molecule has 6 heteroatoms. The van der Waals surface area contributed by atoms with Crippen LogP contribution in [-0.2, 0) is 13.6 Å². The van der Waals surface area contributed by atoms with Crippen molar-refractivity contribution in [3.05, 3.63) is 18.2 Å². The van der Waals surface area contributed by atoms with E-state index >= 15 is 0 Å². The molecule has 0 bridgehead atoms. The van der Waals surface area contributed by atoms with Gasteiger partial charge in [-0.05, 0) is 20.8 Å². The van der Waals surface area contributed by atoms with E-state index in [1.165, 1.54) is 4.34 Å². The molecule has 14 heavy (non-hydrogen) atoms. The van der Waals surface area contributed by atoms with E-state index in [0.29, 0.717) is 19.0 Å². The number of rotatable bonds is 5. The highest BCUT2D eigenvalue weighted by Crippen LogP contribution is 2.49. The van der Waals surface area contributed by atoms with Crippen LogP contribution in [0.5, 0.6) is 0 Å². The van der Waals surface area contributed by atoms with Gasteiger partial charge in [0, 0.05) is 12.4 Å². The molecule has 0 aliphatic carbocycles. The van der Waals surface area contributed by atoms with Crippen molar-refractivity contribution in [3.8, 4) is 0 Å². The average molecular weight is 218 g/mol. The average Bonchev–Trinajstić information content (AvgIpc) is 2.52. The van der Waals surface area contributed by atoms with Crippen molar-refractivity contribution in [1.82, 2.24) is 9.32 Å². The monoisotopic (exact) mass is 218 g/mol. The highest BCUT2D eigenvalue weighted by molar-refractivity contribution is 7.52. The van der Waals surface area contributed by atoms with Crippen LogP contribution in [0.1, 0.15) is 19.7 Å². The van der Waals surface area contributed by atoms with E-state index in [2.05, 4.69) is 4.98 Å². The Morgan fingerprint density at radius 1 is 1.43 bits per heavy atom. The smallest absolute Gasteiger partial charge is 0.292 e. The molecule has 0 aliphatic heterocycles. The Balaban J connectivity index is 2.99. The summed E-state index contributed by atoms with van der Waals surface area (Å²) in [7, 11) is -3.21. The van der Waals surface area contributed by atoms with Gasteiger partial charge in [0.25, 0.3) is 0 Å². The quantitative estimate of drug-likeness (QED) is 0.711. The van der Waals surface area contributed by atoms with Gasteiger partial charge in [-0.2, -0.15) is 0 Å². The minimum Gasteiger partial charge on any atom is -0.292 e. The lowest BCUT2D eigenvalue weighted by molar-refractivity contribution is 0.212. The fraction of sp³-hybridized carbons (Fsp3) is 0.625. The first-order valence-electron chi connectivity index (χ1n) is 4.54. The second-order valence-corrected chi connectivity index (χ2v) is 4.51. The molecule has 1 aromatic rings. The molecule has 0 aromatic carbocycles. The topological polar surface area (TPSA) is 53.4 Å². The third-order valence-electron chi connectivity index (χ3n) is 1.65. The Labute approximate surface area is 83.6 Å². The predicted octanol–water partition coefficient (Wildman–Crippen LogP) is 2.22. The van der Waals surface area contributed by atoms with Crippen molar-refractivity contribution in [3.63, 3.8) is 0 Å². The summed E-state index contributed by atoms with van der Waals surface area (Å²) in [6.45, 7) is 5.99. The van der Waals surface area contributed by atoms with Crippen LogP contribution in [0.25, 0.3) is 0 Å². The lowest BCUT2D eigenvalue weighted by Crippen LogP contribution is -2.05. The Morgan fingerprint density at radius 2 is 2.00 bits per heavy atom. The van der Waals surface area contributed by atoms with Gasteiger partial charge in [0.1, 0.15) is 5.82 Å². The van der Waals surface area contributed by atoms with Gasteiger partial charge in [-0.1, -0.05) is 0 Å². The van der Waals surface area contributed by atoms with Gasteiger partial charge in [-0.25, -0.2) is 13.9 Å². The molecule has 1 rings (SSSR count). The zero-order valence-electron chi connectivity index (χ0n) is 8.64. The zero-order chi connectivity index (χ0) is 10.6. The van der Waals surface area contributed by atoms with E-state index in [1.54, 1.807) is 33.2 Å². The van der Waals surface area contributed by atoms with Gasteiger partial charge in [0.15, 0.2) is 0 Å². The highest BCUT2D eigenvalue weighted by atomic mass is 31.2. The summed E-state index contributed by atoms with van der Waals surface area (Å²) in [5.41, 5.74) is 0. The number of nitrogens with zero attached hydrogens (tertiary/aromatic N) is 2. The van der Waals surface area contributed by atoms with Crippen molar-refractivity contribution in [2.75, 3.05) is 13.2 Å². The SMILES string of the molecule is CCOP(=O)(OCC)n1ccnc1C. The van der Waals surface area contributed by atoms with Crippen LogP contribution in [0.3, 0.4) is 0 Å². The van der Waals surface area contributed by atoms with E-state index < -0.39 is 7.75 Å². The molecule has 0 saturated heterocycles. The van der Waals surface area contributed by atoms with Crippen LogP contribution in [0, 0.1) is 6.92 Å². The maximum atomic E-state index is 12.2. The maximum Gasteiger partial charge on any atom is 0.440 e. The standard InChI is InChI=1S/C8H15N2O3P/c1-4-12-14(11,13-5-2)10-7-6-9-8(10)3/h6-7H,4-5H2,1-3H3. The largest absolute Gasteiger partial charge is 0.440 e. The summed E-state index contributed by atoms with van der Waals surface area (Å²) < 4.78 is 23.9. The number of aryl methyl sites for hydroxylation is 1. The summed E-state index contributed by atoms with van der Waals surface area (Å²) in [6, 6.07) is 0. The zero-order valence-corrected chi connectivity index (χ0v) is 9.53. The molecule has 0 atom stereocenters. The Morgan fingerprint density at radius 3 is 2.36 bits per heavy atom. The summed E-state index contributed by atoms with van der Waals surface area (Å²) in [5, 5.41) is 0. The summed E-state index contributed by atoms with van der Waals surface area (Å²) in [4.78, 5) is 3.98. The third kappa shape index (κ3) is 2.23. The van der Waals surface area contributed by atoms with Crippen molar-refractivity contribution in [2.45, 2.75) is 20.8 Å². The molecule has 0 saturated carbocycles. The molecule has 0 spiro atoms. The molecule has 5 nitrogen and oxygen atoms in total. The van der Waals surface area contributed by atoms with Crippen molar-refractivity contribution < 1.29 is 13.6 Å². The molecule has 1 aromatic heterocycles. The first kappa shape index (κ1) is 11.4. The second kappa shape index (κ2) is 4.73. The number of hydrogen-bond acceptors (Lipinski definition) is 4. The summed E-state index contributed by atoms with van der Waals surface area (Å²) in [6.07, 6.45) is 3.17. The van der Waals surface area contributed by atoms with Crippen LogP contribution in [0.4, 0.5) is 0 Å². The van der Waals surface area contributed by atoms with Crippen LogP contribution in [0.15, 0.2) is 12.4 Å². The number of aromatic nitrogens is 2. The lowest BCUT2D eigenvalue weighted by Gasteiger charge is -2.18. The van der Waals surface area contributed by atoms with Crippen LogP contribution in [-0.4, -0.2) is 22.5 Å². The Kier molecular flexibility index (Phi) is 3.86. The van der Waals surface area contributed by atoms with E-state index in [-0.39, 0.29) is 0 Å². The van der Waals surface area contributed by atoms with Crippen molar-refractivity contribution in [1.29, 1.82) is 0 Å². The molecular formula is C8H15N2O3P. The molecule has 80 valence electrons. The first-order valence-corrected chi connectivity index (χ1v) is 6.03. The van der Waals surface area contributed by atoms with Gasteiger partial charge in [0.2, 0.25) is 0 Å². The third-order valence-corrected chi connectivity index (χ3v) is 3.77. The molecule has 0 fully saturated rings. The van der Waals surface area contributed by atoms with Crippen molar-refractivity contribution >= 4 is 7.75 Å². The molecule has 0 unspecified atom stereocenters. The molecule has 0 radical (unpaired) electrons. The second-order valence-electron chi connectivity index (χ2n) is 2.62. The Hall–Kier alpha value is -0.640. The molecule has 0 N–H and O–H groups in total. The lowest BCUT2D eigenvalue weighted by atomic mass is 10.8. The Bertz CT molecular complexity index is 327. The van der Waals surface area contributed by atoms with Crippen LogP contribution < -0.4 is 0 Å². The normalized spacial score (nSPS) is 11.9. The first-order chi connectivity index (χ1) is 6.64. The van der Waals surface area contributed by atoms with Crippen LogP contribution >= 0.6 is 7.75 Å². The minimum atomic E-state index is -3.21. The molecule has 1 heterocycles. The van der Waals surface area contributed by atoms with E-state index in [1.807, 2.05) is 0 Å². The number of imidazole rings is 1. The van der Waals surface area contributed by atoms with E-state index in [4.69, 9.17) is 9.05 Å². The van der Waals surface area contributed by atoms with Crippen LogP contribution in [0.2, 0.25) is 0 Å². The fourth-order valence-corrected chi connectivity index (χ4v) is 2.72. The molecule has 0 amide bonds. The predicted molar refractivity (Wildman–Crippen MR) is 53.2 cm³/mol. The van der Waals surface area contributed by atoms with Gasteiger partial charge in [0.05, 0.1) is 13.2 Å². The highest BCUT2D eigenvalue weighted by Gasteiger charge is 2.27.